The van der Waals surface area contributed by atoms with Gasteiger partial charge in [-0.2, -0.15) is 4.31 Å². The second kappa shape index (κ2) is 6.42. The Kier molecular flexibility index (Phi) is 4.59. The van der Waals surface area contributed by atoms with Gasteiger partial charge >= 0.3 is 0 Å². The van der Waals surface area contributed by atoms with E-state index in [1.165, 1.54) is 0 Å². The molecule has 0 bridgehead atoms. The highest BCUT2D eigenvalue weighted by molar-refractivity contribution is 7.88. The van der Waals surface area contributed by atoms with E-state index in [0.29, 0.717) is 6.54 Å². The van der Waals surface area contributed by atoms with Crippen LogP contribution in [0.5, 0.6) is 0 Å². The highest BCUT2D eigenvalue weighted by atomic mass is 32.2. The molecule has 1 N–H and O–H groups in total. The van der Waals surface area contributed by atoms with Gasteiger partial charge in [-0.1, -0.05) is 30.3 Å². The fraction of sp³-hybridized carbons (Fsp3) is 0.529. The minimum Gasteiger partial charge on any atom is -0.350 e. The molecule has 0 aromatic heterocycles. The maximum absolute atomic E-state index is 12.9. The molecule has 1 aromatic carbocycles. The standard InChI is InChI=1S/C17H23N3O4S/c1-17(16(22)18-10-13-6-4-3-5-7-13)12-19(25(2,23)24)11-15(21)20(17)14-8-9-14/h3-7,14H,8-12H2,1-2H3,(H,18,22). The third-order valence-corrected chi connectivity index (χ3v) is 5.96. The maximum atomic E-state index is 12.9. The molecule has 1 aromatic rings. The fourth-order valence-electron chi connectivity index (χ4n) is 3.30. The molecule has 1 aliphatic heterocycles. The van der Waals surface area contributed by atoms with Gasteiger partial charge in [-0.3, -0.25) is 9.59 Å². The average Bonchev–Trinajstić information content (AvgIpc) is 3.36. The number of nitrogens with one attached hydrogen (secondary N) is 1. The Morgan fingerprint density at radius 3 is 2.48 bits per heavy atom. The van der Waals surface area contributed by atoms with Crippen LogP contribution in [0.4, 0.5) is 0 Å². The highest BCUT2D eigenvalue weighted by Gasteiger charge is 2.53. The summed E-state index contributed by atoms with van der Waals surface area (Å²) >= 11 is 0. The van der Waals surface area contributed by atoms with Crippen molar-refractivity contribution in [3.8, 4) is 0 Å². The van der Waals surface area contributed by atoms with Crippen LogP contribution in [0.15, 0.2) is 30.3 Å². The molecule has 7 nitrogen and oxygen atoms in total. The van der Waals surface area contributed by atoms with Gasteiger partial charge in [0, 0.05) is 19.1 Å². The van der Waals surface area contributed by atoms with Crippen molar-refractivity contribution in [3.63, 3.8) is 0 Å². The number of rotatable bonds is 5. The first-order valence-electron chi connectivity index (χ1n) is 8.31. The van der Waals surface area contributed by atoms with Crippen molar-refractivity contribution in [2.75, 3.05) is 19.3 Å². The Labute approximate surface area is 148 Å². The van der Waals surface area contributed by atoms with E-state index in [9.17, 15) is 18.0 Å². The number of benzene rings is 1. The predicted octanol–water partition coefficient (Wildman–Crippen LogP) is 0.328. The maximum Gasteiger partial charge on any atom is 0.247 e. The third-order valence-electron chi connectivity index (χ3n) is 4.76. The van der Waals surface area contributed by atoms with Gasteiger partial charge in [0.15, 0.2) is 0 Å². The molecule has 8 heteroatoms. The summed E-state index contributed by atoms with van der Waals surface area (Å²) in [7, 11) is -3.55. The Morgan fingerprint density at radius 2 is 1.92 bits per heavy atom. The van der Waals surface area contributed by atoms with Crippen LogP contribution in [0.1, 0.15) is 25.3 Å². The molecular weight excluding hydrogens is 342 g/mol. The van der Waals surface area contributed by atoms with Crippen molar-refractivity contribution < 1.29 is 18.0 Å². The third kappa shape index (κ3) is 3.69. The van der Waals surface area contributed by atoms with Crippen LogP contribution in [-0.2, 0) is 26.2 Å². The summed E-state index contributed by atoms with van der Waals surface area (Å²) < 4.78 is 25.0. The van der Waals surface area contributed by atoms with Crippen molar-refractivity contribution in [1.29, 1.82) is 0 Å². The Bertz CT molecular complexity index is 776. The van der Waals surface area contributed by atoms with Crippen molar-refractivity contribution in [1.82, 2.24) is 14.5 Å². The number of amides is 2. The highest BCUT2D eigenvalue weighted by Crippen LogP contribution is 2.36. The Balaban J connectivity index is 1.82. The zero-order valence-electron chi connectivity index (χ0n) is 14.4. The zero-order chi connectivity index (χ0) is 18.2. The molecule has 1 atom stereocenters. The lowest BCUT2D eigenvalue weighted by Crippen LogP contribution is -2.70. The summed E-state index contributed by atoms with van der Waals surface area (Å²) in [5.41, 5.74) is -0.256. The number of hydrogen-bond donors (Lipinski definition) is 1. The molecule has 1 saturated carbocycles. The molecule has 25 heavy (non-hydrogen) atoms. The molecule has 2 fully saturated rings. The van der Waals surface area contributed by atoms with Gasteiger partial charge in [0.05, 0.1) is 12.8 Å². The van der Waals surface area contributed by atoms with E-state index in [0.717, 1.165) is 29.0 Å². The second-order valence-corrected chi connectivity index (χ2v) is 8.95. The minimum atomic E-state index is -3.55. The lowest BCUT2D eigenvalue weighted by molar-refractivity contribution is -0.153. The van der Waals surface area contributed by atoms with Gasteiger partial charge in [-0.05, 0) is 25.3 Å². The molecule has 3 rings (SSSR count). The van der Waals surface area contributed by atoms with E-state index < -0.39 is 15.6 Å². The normalized spacial score (nSPS) is 25.0. The largest absolute Gasteiger partial charge is 0.350 e. The lowest BCUT2D eigenvalue weighted by Gasteiger charge is -2.46. The van der Waals surface area contributed by atoms with Crippen LogP contribution in [-0.4, -0.2) is 60.4 Å². The Morgan fingerprint density at radius 1 is 1.28 bits per heavy atom. The number of carbonyl (C=O) groups is 2. The first-order chi connectivity index (χ1) is 11.7. The van der Waals surface area contributed by atoms with E-state index in [4.69, 9.17) is 0 Å². The van der Waals surface area contributed by atoms with Gasteiger partial charge in [-0.25, -0.2) is 8.42 Å². The quantitative estimate of drug-likeness (QED) is 0.815. The van der Waals surface area contributed by atoms with Gasteiger partial charge < -0.3 is 10.2 Å². The van der Waals surface area contributed by atoms with Crippen LogP contribution in [0.25, 0.3) is 0 Å². The molecule has 1 unspecified atom stereocenters. The van der Waals surface area contributed by atoms with Crippen LogP contribution < -0.4 is 5.32 Å². The summed E-state index contributed by atoms with van der Waals surface area (Å²) in [5, 5.41) is 2.86. The van der Waals surface area contributed by atoms with Crippen molar-refractivity contribution >= 4 is 21.8 Å². The van der Waals surface area contributed by atoms with E-state index >= 15 is 0 Å². The van der Waals surface area contributed by atoms with Crippen LogP contribution in [0.3, 0.4) is 0 Å². The van der Waals surface area contributed by atoms with Gasteiger partial charge in [0.25, 0.3) is 0 Å². The first kappa shape index (κ1) is 17.9. The number of hydrogen-bond acceptors (Lipinski definition) is 4. The molecule has 1 aliphatic carbocycles. The molecule has 136 valence electrons. The fourth-order valence-corrected chi connectivity index (χ4v) is 4.13. The molecular formula is C17H23N3O4S. The van der Waals surface area contributed by atoms with E-state index in [-0.39, 0.29) is 30.9 Å². The summed E-state index contributed by atoms with van der Waals surface area (Å²) in [6.45, 7) is 1.77. The van der Waals surface area contributed by atoms with Crippen LogP contribution in [0.2, 0.25) is 0 Å². The van der Waals surface area contributed by atoms with E-state index in [2.05, 4.69) is 5.32 Å². The summed E-state index contributed by atoms with van der Waals surface area (Å²) in [5.74, 6) is -0.638. The van der Waals surface area contributed by atoms with Crippen LogP contribution >= 0.6 is 0 Å². The van der Waals surface area contributed by atoms with E-state index in [1.807, 2.05) is 30.3 Å². The number of piperazine rings is 1. The Hall–Kier alpha value is -1.93. The first-order valence-corrected chi connectivity index (χ1v) is 10.2. The van der Waals surface area contributed by atoms with Gasteiger partial charge in [0.2, 0.25) is 21.8 Å². The van der Waals surface area contributed by atoms with Crippen LogP contribution in [0, 0.1) is 0 Å². The lowest BCUT2D eigenvalue weighted by atomic mass is 9.95. The monoisotopic (exact) mass is 365 g/mol. The molecule has 2 aliphatic rings. The van der Waals surface area contributed by atoms with Crippen molar-refractivity contribution in [2.45, 2.75) is 37.9 Å². The molecule has 1 saturated heterocycles. The molecule has 2 amide bonds. The van der Waals surface area contributed by atoms with Crippen molar-refractivity contribution in [3.05, 3.63) is 35.9 Å². The summed E-state index contributed by atoms with van der Waals surface area (Å²) in [6.07, 6.45) is 2.77. The van der Waals surface area contributed by atoms with Gasteiger partial charge in [0.1, 0.15) is 5.54 Å². The van der Waals surface area contributed by atoms with Gasteiger partial charge in [-0.15, -0.1) is 0 Å². The molecule has 0 spiro atoms. The summed E-state index contributed by atoms with van der Waals surface area (Å²) in [4.78, 5) is 27.1. The average molecular weight is 365 g/mol. The predicted molar refractivity (Wildman–Crippen MR) is 93.0 cm³/mol. The number of sulfonamides is 1. The molecule has 0 radical (unpaired) electrons. The SMILES string of the molecule is CC1(C(=O)NCc2ccccc2)CN(S(C)(=O)=O)CC(=O)N1C1CC1. The zero-order valence-corrected chi connectivity index (χ0v) is 15.3. The summed E-state index contributed by atoms with van der Waals surface area (Å²) in [6, 6.07) is 9.49. The molecule has 1 heterocycles. The number of carbonyl (C=O) groups excluding carboxylic acids is 2. The van der Waals surface area contributed by atoms with E-state index in [1.54, 1.807) is 11.8 Å². The topological polar surface area (TPSA) is 86.8 Å². The second-order valence-electron chi connectivity index (χ2n) is 6.97. The van der Waals surface area contributed by atoms with Crippen molar-refractivity contribution in [2.24, 2.45) is 0 Å². The minimum absolute atomic E-state index is 0.0192. The smallest absolute Gasteiger partial charge is 0.247 e. The number of nitrogens with zero attached hydrogens (tertiary/aromatic N) is 2.